The quantitative estimate of drug-likeness (QED) is 0.782. The highest BCUT2D eigenvalue weighted by atomic mass is 79.9. The Balaban J connectivity index is 2.17. The minimum absolute atomic E-state index is 0.429. The molecule has 0 aliphatic carbocycles. The summed E-state index contributed by atoms with van der Waals surface area (Å²) in [5, 5.41) is 11.1. The second kappa shape index (κ2) is 4.68. The molecule has 19 heavy (non-hydrogen) atoms. The van der Waals surface area contributed by atoms with E-state index in [2.05, 4.69) is 27.0 Å². The minimum atomic E-state index is 0.429. The molecule has 3 aromatic rings. The van der Waals surface area contributed by atoms with Crippen molar-refractivity contribution in [1.82, 2.24) is 9.55 Å². The molecule has 94 valence electrons. The van der Waals surface area contributed by atoms with Gasteiger partial charge in [-0.3, -0.25) is 0 Å². The maximum atomic E-state index is 9.09. The average Bonchev–Trinajstić information content (AvgIpc) is 2.95. The van der Waals surface area contributed by atoms with Crippen LogP contribution in [-0.2, 0) is 6.54 Å². The summed E-state index contributed by atoms with van der Waals surface area (Å²) in [6.07, 6.45) is 0. The van der Waals surface area contributed by atoms with E-state index >= 15 is 0 Å². The highest BCUT2D eigenvalue weighted by Gasteiger charge is 2.13. The summed E-state index contributed by atoms with van der Waals surface area (Å²) >= 11 is 5.17. The molecule has 0 unspecified atom stereocenters. The Morgan fingerprint density at radius 1 is 1.42 bits per heavy atom. The molecule has 3 rings (SSSR count). The summed E-state index contributed by atoms with van der Waals surface area (Å²) in [6, 6.07) is 9.68. The number of halogens is 1. The van der Waals surface area contributed by atoms with Crippen LogP contribution in [0.1, 0.15) is 10.4 Å². The first-order valence-electron chi connectivity index (χ1n) is 5.57. The maximum Gasteiger partial charge on any atom is 0.201 e. The first-order chi connectivity index (χ1) is 9.20. The number of benzene rings is 1. The smallest absolute Gasteiger partial charge is 0.201 e. The molecular formula is C13H9BrN4S. The summed E-state index contributed by atoms with van der Waals surface area (Å²) in [5.74, 6) is 0.429. The number of imidazole rings is 1. The monoisotopic (exact) mass is 332 g/mol. The van der Waals surface area contributed by atoms with Crippen LogP contribution in [0.15, 0.2) is 34.1 Å². The van der Waals surface area contributed by atoms with E-state index in [0.29, 0.717) is 23.6 Å². The molecule has 0 fully saturated rings. The Kier molecular flexibility index (Phi) is 3.01. The zero-order chi connectivity index (χ0) is 13.4. The van der Waals surface area contributed by atoms with Gasteiger partial charge in [-0.05, 0) is 39.5 Å². The fraction of sp³-hybridized carbons (Fsp3) is 0.0769. The normalized spacial score (nSPS) is 10.7. The number of nitrogen functional groups attached to an aromatic ring is 1. The van der Waals surface area contributed by atoms with E-state index in [1.807, 2.05) is 28.1 Å². The fourth-order valence-corrected chi connectivity index (χ4v) is 3.47. The fourth-order valence-electron chi connectivity index (χ4n) is 2.00. The Bertz CT molecular complexity index is 797. The van der Waals surface area contributed by atoms with Gasteiger partial charge in [0, 0.05) is 9.35 Å². The number of aromatic nitrogens is 2. The van der Waals surface area contributed by atoms with Crippen molar-refractivity contribution in [2.75, 3.05) is 5.73 Å². The number of nitrogens with two attached hydrogens (primary N) is 1. The molecule has 0 amide bonds. The molecule has 2 aromatic heterocycles. The van der Waals surface area contributed by atoms with Crippen LogP contribution in [0.25, 0.3) is 11.0 Å². The summed E-state index contributed by atoms with van der Waals surface area (Å²) in [7, 11) is 0. The maximum absolute atomic E-state index is 9.09. The van der Waals surface area contributed by atoms with Crippen LogP contribution >= 0.6 is 27.3 Å². The second-order valence-electron chi connectivity index (χ2n) is 4.03. The number of anilines is 1. The highest BCUT2D eigenvalue weighted by Crippen LogP contribution is 2.27. The number of rotatable bonds is 2. The first-order valence-corrected chi connectivity index (χ1v) is 7.24. The van der Waals surface area contributed by atoms with E-state index in [9.17, 15) is 0 Å². The molecule has 0 saturated heterocycles. The lowest BCUT2D eigenvalue weighted by Gasteiger charge is -2.05. The lowest BCUT2D eigenvalue weighted by Crippen LogP contribution is -2.03. The van der Waals surface area contributed by atoms with Crippen molar-refractivity contribution >= 4 is 44.2 Å². The van der Waals surface area contributed by atoms with E-state index in [1.165, 1.54) is 4.88 Å². The van der Waals surface area contributed by atoms with Crippen molar-refractivity contribution in [3.63, 3.8) is 0 Å². The second-order valence-corrected chi connectivity index (χ2v) is 5.89. The lowest BCUT2D eigenvalue weighted by molar-refractivity contribution is 0.850. The van der Waals surface area contributed by atoms with Crippen LogP contribution < -0.4 is 5.73 Å². The Morgan fingerprint density at radius 3 is 2.95 bits per heavy atom. The van der Waals surface area contributed by atoms with Gasteiger partial charge in [-0.2, -0.15) is 5.26 Å². The van der Waals surface area contributed by atoms with Crippen molar-refractivity contribution in [3.05, 3.63) is 44.6 Å². The third-order valence-corrected chi connectivity index (χ3v) is 4.83. The zero-order valence-corrected chi connectivity index (χ0v) is 12.2. The molecule has 0 aliphatic rings. The molecule has 0 spiro atoms. The van der Waals surface area contributed by atoms with E-state index in [1.54, 1.807) is 17.4 Å². The van der Waals surface area contributed by atoms with Gasteiger partial charge in [0.25, 0.3) is 0 Å². The third kappa shape index (κ3) is 2.01. The predicted molar refractivity (Wildman–Crippen MR) is 80.0 cm³/mol. The summed E-state index contributed by atoms with van der Waals surface area (Å²) < 4.78 is 2.99. The number of nitriles is 1. The van der Waals surface area contributed by atoms with Crippen LogP contribution in [0.3, 0.4) is 0 Å². The van der Waals surface area contributed by atoms with Gasteiger partial charge in [-0.25, -0.2) is 4.98 Å². The molecular weight excluding hydrogens is 324 g/mol. The van der Waals surface area contributed by atoms with E-state index in [0.717, 1.165) is 9.99 Å². The largest absolute Gasteiger partial charge is 0.369 e. The van der Waals surface area contributed by atoms with Crippen molar-refractivity contribution in [2.45, 2.75) is 6.54 Å². The summed E-state index contributed by atoms with van der Waals surface area (Å²) in [5.41, 5.74) is 8.07. The standard InChI is InChI=1S/C13H9BrN4S/c14-9-4-5-19-11(9)7-18-10-3-1-2-8(6-15)12(10)17-13(18)16/h1-5H,7H2,(H2,16,17). The summed E-state index contributed by atoms with van der Waals surface area (Å²) in [6.45, 7) is 0.648. The van der Waals surface area contributed by atoms with Gasteiger partial charge < -0.3 is 10.3 Å². The van der Waals surface area contributed by atoms with Crippen molar-refractivity contribution in [1.29, 1.82) is 5.26 Å². The van der Waals surface area contributed by atoms with Gasteiger partial charge in [0.15, 0.2) is 0 Å². The van der Waals surface area contributed by atoms with Gasteiger partial charge in [0.1, 0.15) is 11.6 Å². The van der Waals surface area contributed by atoms with Gasteiger partial charge in [0.05, 0.1) is 17.6 Å². The number of thiophene rings is 1. The van der Waals surface area contributed by atoms with E-state index in [4.69, 9.17) is 11.0 Å². The topological polar surface area (TPSA) is 67.6 Å². The molecule has 1 aromatic carbocycles. The highest BCUT2D eigenvalue weighted by molar-refractivity contribution is 9.10. The van der Waals surface area contributed by atoms with Gasteiger partial charge in [0.2, 0.25) is 5.95 Å². The average molecular weight is 333 g/mol. The van der Waals surface area contributed by atoms with E-state index < -0.39 is 0 Å². The third-order valence-electron chi connectivity index (χ3n) is 2.92. The Labute approximate surface area is 122 Å². The first kappa shape index (κ1) is 12.2. The van der Waals surface area contributed by atoms with Crippen LogP contribution in [0, 0.1) is 11.3 Å². The molecule has 2 heterocycles. The van der Waals surface area contributed by atoms with Gasteiger partial charge in [-0.1, -0.05) is 6.07 Å². The van der Waals surface area contributed by atoms with Crippen molar-refractivity contribution in [2.24, 2.45) is 0 Å². The van der Waals surface area contributed by atoms with E-state index in [-0.39, 0.29) is 0 Å². The molecule has 2 N–H and O–H groups in total. The molecule has 0 atom stereocenters. The summed E-state index contributed by atoms with van der Waals surface area (Å²) in [4.78, 5) is 5.48. The van der Waals surface area contributed by atoms with Gasteiger partial charge in [-0.15, -0.1) is 11.3 Å². The molecule has 0 bridgehead atoms. The number of hydrogen-bond donors (Lipinski definition) is 1. The molecule has 6 heteroatoms. The van der Waals surface area contributed by atoms with Crippen LogP contribution in [0.5, 0.6) is 0 Å². The molecule has 0 saturated carbocycles. The van der Waals surface area contributed by atoms with Gasteiger partial charge >= 0.3 is 0 Å². The number of nitrogens with zero attached hydrogens (tertiary/aromatic N) is 3. The number of hydrogen-bond acceptors (Lipinski definition) is 4. The lowest BCUT2D eigenvalue weighted by atomic mass is 10.2. The molecule has 0 radical (unpaired) electrons. The zero-order valence-electron chi connectivity index (χ0n) is 9.80. The number of fused-ring (bicyclic) bond motifs is 1. The van der Waals surface area contributed by atoms with Crippen LogP contribution in [-0.4, -0.2) is 9.55 Å². The number of para-hydroxylation sites is 1. The SMILES string of the molecule is N#Cc1cccc2c1nc(N)n2Cc1sccc1Br. The molecule has 0 aliphatic heterocycles. The predicted octanol–water partition coefficient (Wildman–Crippen LogP) is 3.36. The molecule has 4 nitrogen and oxygen atoms in total. The minimum Gasteiger partial charge on any atom is -0.369 e. The Hall–Kier alpha value is -1.84. The Morgan fingerprint density at radius 2 is 2.26 bits per heavy atom. The van der Waals surface area contributed by atoms with Crippen LogP contribution in [0.2, 0.25) is 0 Å². The van der Waals surface area contributed by atoms with Crippen molar-refractivity contribution < 1.29 is 0 Å². The van der Waals surface area contributed by atoms with Crippen LogP contribution in [0.4, 0.5) is 5.95 Å². The van der Waals surface area contributed by atoms with Crippen molar-refractivity contribution in [3.8, 4) is 6.07 Å².